The fourth-order valence-corrected chi connectivity index (χ4v) is 11.4. The number of aromatic nitrogens is 2. The molecule has 1 spiro atoms. The van der Waals surface area contributed by atoms with E-state index in [1.165, 1.54) is 50.1 Å². The van der Waals surface area contributed by atoms with E-state index in [-0.39, 0.29) is 0 Å². The van der Waals surface area contributed by atoms with Gasteiger partial charge in [-0.1, -0.05) is 206 Å². The molecule has 0 fully saturated rings. The van der Waals surface area contributed by atoms with E-state index < -0.39 is 5.41 Å². The maximum atomic E-state index is 6.70. The number of nitrogens with zero attached hydrogens (tertiary/aromatic N) is 2. The van der Waals surface area contributed by atoms with Gasteiger partial charge in [-0.2, -0.15) is 0 Å². The summed E-state index contributed by atoms with van der Waals surface area (Å²) in [5, 5.41) is 2.20. The van der Waals surface area contributed by atoms with Crippen molar-refractivity contribution in [3.63, 3.8) is 0 Å². The normalized spacial score (nSPS) is 12.8. The molecule has 14 rings (SSSR count). The molecule has 2 heterocycles. The number of hydrogen-bond donors (Lipinski definition) is 0. The molecule has 0 unspecified atom stereocenters. The zero-order valence-corrected chi connectivity index (χ0v) is 36.9. The number of benzene rings is 10. The van der Waals surface area contributed by atoms with Crippen LogP contribution in [0.25, 0.3) is 111 Å². The Labute approximate surface area is 394 Å². The molecule has 10 aromatic carbocycles. The second-order valence-corrected chi connectivity index (χ2v) is 18.0. The topological polar surface area (TPSA) is 38.9 Å². The highest BCUT2D eigenvalue weighted by Gasteiger charge is 2.52. The van der Waals surface area contributed by atoms with Crippen LogP contribution in [-0.2, 0) is 5.41 Å². The lowest BCUT2D eigenvalue weighted by Crippen LogP contribution is -2.26. The number of hydrogen-bond acceptors (Lipinski definition) is 3. The van der Waals surface area contributed by atoms with Gasteiger partial charge in [0, 0.05) is 33.0 Å². The predicted octanol–water partition coefficient (Wildman–Crippen LogP) is 16.7. The number of fused-ring (bicyclic) bond motifs is 13. The lowest BCUT2D eigenvalue weighted by molar-refractivity contribution is 0.670. The van der Waals surface area contributed by atoms with Crippen molar-refractivity contribution in [2.45, 2.75) is 5.41 Å². The standard InChI is InChI=1S/C65H40N2O/c1-3-18-41(19-4-1)43-22-15-23-44(36-43)45-37-46(48-28-16-30-54-52-27-10-14-35-61(52)68-63(48)54)39-47(38-45)59-40-60(67-64(66-59)42-20-5-2-6-21-42)55-31-17-29-53-51-26-9-13-34-58(51)65(62(53)55)56-32-11-7-24-49(56)50-25-8-12-33-57(50)65/h1-40H. The molecule has 2 aliphatic rings. The van der Waals surface area contributed by atoms with E-state index in [2.05, 4.69) is 231 Å². The van der Waals surface area contributed by atoms with Gasteiger partial charge in [0.15, 0.2) is 5.82 Å². The highest BCUT2D eigenvalue weighted by molar-refractivity contribution is 6.10. The van der Waals surface area contributed by atoms with E-state index in [9.17, 15) is 0 Å². The fourth-order valence-electron chi connectivity index (χ4n) is 11.4. The van der Waals surface area contributed by atoms with Crippen LogP contribution >= 0.6 is 0 Å². The molecule has 12 aromatic rings. The summed E-state index contributed by atoms with van der Waals surface area (Å²) in [5.41, 5.74) is 22.7. The third-order valence-corrected chi connectivity index (χ3v) is 14.3. The van der Waals surface area contributed by atoms with Crippen molar-refractivity contribution in [1.82, 2.24) is 9.97 Å². The van der Waals surface area contributed by atoms with Gasteiger partial charge in [-0.05, 0) is 109 Å². The monoisotopic (exact) mass is 864 g/mol. The van der Waals surface area contributed by atoms with Crippen molar-refractivity contribution >= 4 is 21.9 Å². The average molecular weight is 865 g/mol. The minimum absolute atomic E-state index is 0.546. The summed E-state index contributed by atoms with van der Waals surface area (Å²) in [6.07, 6.45) is 0. The molecule has 3 heteroatoms. The molecule has 2 aromatic heterocycles. The largest absolute Gasteiger partial charge is 0.455 e. The Hall–Kier alpha value is -8.92. The number of rotatable bonds is 6. The Kier molecular flexibility index (Phi) is 8.50. The molecule has 0 saturated heterocycles. The third kappa shape index (κ3) is 5.72. The molecular weight excluding hydrogens is 825 g/mol. The van der Waals surface area contributed by atoms with E-state index in [1.54, 1.807) is 0 Å². The van der Waals surface area contributed by atoms with Gasteiger partial charge in [0.05, 0.1) is 16.8 Å². The first kappa shape index (κ1) is 38.4. The summed E-state index contributed by atoms with van der Waals surface area (Å²) in [6, 6.07) is 87.4. The molecule has 0 aliphatic heterocycles. The van der Waals surface area contributed by atoms with Gasteiger partial charge in [0.2, 0.25) is 0 Å². The molecule has 0 bridgehead atoms. The molecule has 2 aliphatic carbocycles. The van der Waals surface area contributed by atoms with Crippen molar-refractivity contribution in [2.24, 2.45) is 0 Å². The lowest BCUT2D eigenvalue weighted by Gasteiger charge is -2.32. The Balaban J connectivity index is 1.04. The van der Waals surface area contributed by atoms with Gasteiger partial charge in [0.25, 0.3) is 0 Å². The summed E-state index contributed by atoms with van der Waals surface area (Å²) in [5.74, 6) is 0.671. The van der Waals surface area contributed by atoms with Crippen molar-refractivity contribution in [3.8, 4) is 89.5 Å². The van der Waals surface area contributed by atoms with Crippen molar-refractivity contribution in [3.05, 3.63) is 265 Å². The van der Waals surface area contributed by atoms with Gasteiger partial charge in [-0.15, -0.1) is 0 Å². The van der Waals surface area contributed by atoms with Gasteiger partial charge < -0.3 is 4.42 Å². The summed E-state index contributed by atoms with van der Waals surface area (Å²) in [7, 11) is 0. The van der Waals surface area contributed by atoms with Crippen LogP contribution in [0.3, 0.4) is 0 Å². The summed E-state index contributed by atoms with van der Waals surface area (Å²) < 4.78 is 6.70. The van der Waals surface area contributed by atoms with Gasteiger partial charge in [-0.25, -0.2) is 9.97 Å². The van der Waals surface area contributed by atoms with Crippen LogP contribution in [0.2, 0.25) is 0 Å². The number of para-hydroxylation sites is 2. The van der Waals surface area contributed by atoms with E-state index in [4.69, 9.17) is 14.4 Å². The Morgan fingerprint density at radius 2 is 0.765 bits per heavy atom. The van der Waals surface area contributed by atoms with E-state index >= 15 is 0 Å². The Morgan fingerprint density at radius 1 is 0.294 bits per heavy atom. The predicted molar refractivity (Wildman–Crippen MR) is 278 cm³/mol. The first-order valence-corrected chi connectivity index (χ1v) is 23.3. The zero-order valence-electron chi connectivity index (χ0n) is 36.9. The first-order chi connectivity index (χ1) is 33.7. The second kappa shape index (κ2) is 15.1. The van der Waals surface area contributed by atoms with Gasteiger partial charge >= 0.3 is 0 Å². The molecule has 316 valence electrons. The minimum atomic E-state index is -0.546. The lowest BCUT2D eigenvalue weighted by atomic mass is 9.69. The Morgan fingerprint density at radius 3 is 1.50 bits per heavy atom. The summed E-state index contributed by atoms with van der Waals surface area (Å²) >= 11 is 0. The summed E-state index contributed by atoms with van der Waals surface area (Å²) in [6.45, 7) is 0. The molecule has 3 nitrogen and oxygen atoms in total. The molecule has 0 N–H and O–H groups in total. The highest BCUT2D eigenvalue weighted by atomic mass is 16.3. The van der Waals surface area contributed by atoms with Crippen LogP contribution in [0.4, 0.5) is 0 Å². The van der Waals surface area contributed by atoms with Gasteiger partial charge in [-0.3, -0.25) is 0 Å². The third-order valence-electron chi connectivity index (χ3n) is 14.3. The second-order valence-electron chi connectivity index (χ2n) is 18.0. The van der Waals surface area contributed by atoms with Crippen molar-refractivity contribution in [1.29, 1.82) is 0 Å². The van der Waals surface area contributed by atoms with Crippen LogP contribution in [0.15, 0.2) is 247 Å². The Bertz CT molecular complexity index is 3910. The molecule has 0 radical (unpaired) electrons. The van der Waals surface area contributed by atoms with Crippen LogP contribution in [-0.4, -0.2) is 9.97 Å². The smallest absolute Gasteiger partial charge is 0.160 e. The highest BCUT2D eigenvalue weighted by Crippen LogP contribution is 2.64. The quantitative estimate of drug-likeness (QED) is 0.167. The van der Waals surface area contributed by atoms with Crippen LogP contribution in [0.5, 0.6) is 0 Å². The zero-order chi connectivity index (χ0) is 44.8. The molecule has 68 heavy (non-hydrogen) atoms. The first-order valence-electron chi connectivity index (χ1n) is 23.3. The summed E-state index contributed by atoms with van der Waals surface area (Å²) in [4.78, 5) is 11.0. The molecule has 0 atom stereocenters. The molecule has 0 saturated carbocycles. The number of furan rings is 1. The van der Waals surface area contributed by atoms with Crippen LogP contribution < -0.4 is 0 Å². The fraction of sp³-hybridized carbons (Fsp3) is 0.0154. The van der Waals surface area contributed by atoms with Gasteiger partial charge in [0.1, 0.15) is 11.2 Å². The average Bonchev–Trinajstić information content (AvgIpc) is 4.06. The van der Waals surface area contributed by atoms with E-state index in [0.29, 0.717) is 5.82 Å². The van der Waals surface area contributed by atoms with Crippen LogP contribution in [0, 0.1) is 0 Å². The molecular formula is C65H40N2O. The van der Waals surface area contributed by atoms with E-state index in [0.717, 1.165) is 77.8 Å². The maximum absolute atomic E-state index is 6.70. The minimum Gasteiger partial charge on any atom is -0.455 e. The van der Waals surface area contributed by atoms with E-state index in [1.807, 2.05) is 12.1 Å². The van der Waals surface area contributed by atoms with Crippen LogP contribution in [0.1, 0.15) is 22.3 Å². The SMILES string of the molecule is c1ccc(-c2cccc(-c3cc(-c4cc(-c5cccc6c5C5(c7ccccc7-c7ccccc75)c5ccccc5-6)nc(-c5ccccc5)n4)cc(-c4cccc5c4oc4ccccc45)c3)c2)cc1. The molecule has 0 amide bonds. The van der Waals surface area contributed by atoms with Crippen molar-refractivity contribution < 1.29 is 4.42 Å². The maximum Gasteiger partial charge on any atom is 0.160 e. The van der Waals surface area contributed by atoms with Crippen molar-refractivity contribution in [2.75, 3.05) is 0 Å².